The Bertz CT molecular complexity index is 477. The zero-order chi connectivity index (χ0) is 19.5. The van der Waals surface area contributed by atoms with Crippen molar-refractivity contribution < 1.29 is 9.90 Å². The molecule has 0 aliphatic carbocycles. The summed E-state index contributed by atoms with van der Waals surface area (Å²) in [5, 5.41) is 9.58. The van der Waals surface area contributed by atoms with Crippen LogP contribution in [0.5, 0.6) is 5.75 Å². The topological polar surface area (TPSA) is 37.3 Å². The molecule has 0 aliphatic rings. The number of hydrogen-bond donors (Lipinski definition) is 1. The molecule has 2 nitrogen and oxygen atoms in total. The lowest BCUT2D eigenvalue weighted by atomic mass is 10.0. The molecule has 0 aliphatic heterocycles. The first-order valence-electron chi connectivity index (χ1n) is 10.6. The molecule has 0 saturated carbocycles. The number of rotatable bonds is 13. The Labute approximate surface area is 161 Å². The fourth-order valence-electron chi connectivity index (χ4n) is 2.76. The van der Waals surface area contributed by atoms with Gasteiger partial charge in [-0.3, -0.25) is 4.79 Å². The third-order valence-electron chi connectivity index (χ3n) is 4.37. The number of carbonyl (C=O) groups is 1. The van der Waals surface area contributed by atoms with Crippen molar-refractivity contribution in [1.82, 2.24) is 0 Å². The van der Waals surface area contributed by atoms with Crippen molar-refractivity contribution in [2.24, 2.45) is 0 Å². The third kappa shape index (κ3) is 15.9. The molecule has 0 spiro atoms. The van der Waals surface area contributed by atoms with Crippen LogP contribution in [0.15, 0.2) is 36.4 Å². The fourth-order valence-corrected chi connectivity index (χ4v) is 2.76. The Morgan fingerprint density at radius 3 is 2.08 bits per heavy atom. The van der Waals surface area contributed by atoms with Gasteiger partial charge in [-0.2, -0.15) is 0 Å². The highest BCUT2D eigenvalue weighted by Crippen LogP contribution is 2.18. The van der Waals surface area contributed by atoms with Gasteiger partial charge in [0.1, 0.15) is 5.75 Å². The minimum atomic E-state index is 0.150. The summed E-state index contributed by atoms with van der Waals surface area (Å²) in [6.45, 7) is 6.00. The molecule has 0 atom stereocenters. The predicted octanol–water partition coefficient (Wildman–Crippen LogP) is 7.40. The predicted molar refractivity (Wildman–Crippen MR) is 114 cm³/mol. The zero-order valence-corrected chi connectivity index (χ0v) is 17.3. The quantitative estimate of drug-likeness (QED) is 0.294. The molecule has 1 aromatic rings. The first kappa shape index (κ1) is 24.4. The molecule has 1 N–H and O–H groups in total. The zero-order valence-electron chi connectivity index (χ0n) is 17.3. The van der Waals surface area contributed by atoms with Gasteiger partial charge in [0.2, 0.25) is 0 Å². The molecule has 26 heavy (non-hydrogen) atoms. The van der Waals surface area contributed by atoms with Crippen LogP contribution in [-0.4, -0.2) is 10.9 Å². The molecule has 148 valence electrons. The maximum absolute atomic E-state index is 10.4. The van der Waals surface area contributed by atoms with E-state index in [9.17, 15) is 9.90 Å². The van der Waals surface area contributed by atoms with Crippen LogP contribution in [0.25, 0.3) is 0 Å². The smallest absolute Gasteiger partial charge is 0.152 e. The average molecular weight is 361 g/mol. The Kier molecular flexibility index (Phi) is 17.1. The van der Waals surface area contributed by atoms with E-state index in [4.69, 9.17) is 0 Å². The van der Waals surface area contributed by atoms with Gasteiger partial charge in [0.05, 0.1) is 0 Å². The molecule has 1 aromatic carbocycles. The number of carbonyl (C=O) groups excluding carboxylic acids is 1. The summed E-state index contributed by atoms with van der Waals surface area (Å²) in [4.78, 5) is 10.4. The summed E-state index contributed by atoms with van der Waals surface area (Å²) < 4.78 is 0. The number of aryl methyl sites for hydroxylation is 1. The number of phenols is 1. The molecule has 0 radical (unpaired) electrons. The van der Waals surface area contributed by atoms with Gasteiger partial charge < -0.3 is 5.11 Å². The second kappa shape index (κ2) is 18.2. The van der Waals surface area contributed by atoms with Crippen molar-refractivity contribution in [2.75, 3.05) is 0 Å². The Balaban J connectivity index is 0.000000541. The Morgan fingerprint density at radius 1 is 0.885 bits per heavy atom. The highest BCUT2D eigenvalue weighted by atomic mass is 16.3. The molecule has 0 aromatic heterocycles. The molecule has 0 fully saturated rings. The van der Waals surface area contributed by atoms with E-state index >= 15 is 0 Å². The van der Waals surface area contributed by atoms with Crippen LogP contribution in [0.1, 0.15) is 97.0 Å². The molecular weight excluding hydrogens is 320 g/mol. The first-order valence-corrected chi connectivity index (χ1v) is 10.6. The summed E-state index contributed by atoms with van der Waals surface area (Å²) in [5.41, 5.74) is 1.09. The van der Waals surface area contributed by atoms with Crippen molar-refractivity contribution >= 4 is 5.78 Å². The van der Waals surface area contributed by atoms with Crippen molar-refractivity contribution in [3.63, 3.8) is 0 Å². The van der Waals surface area contributed by atoms with Crippen LogP contribution in [0.2, 0.25) is 0 Å². The Morgan fingerprint density at radius 2 is 1.46 bits per heavy atom. The molecule has 2 heteroatoms. The number of hydrogen-bond acceptors (Lipinski definition) is 2. The standard InChI is InChI=1S/C15H24O.C9H16O/c1-2-3-4-5-6-7-8-11-14-12-9-10-13-15(14)16;1-3-4-5-6-7-8-9(2)10/h9-10,12-13,16H,2-8,11H2,1H3;7-8H,3-6H2,1-2H3. The maximum Gasteiger partial charge on any atom is 0.152 e. The number of para-hydroxylation sites is 1. The molecule has 0 saturated heterocycles. The minimum absolute atomic E-state index is 0.150. The van der Waals surface area contributed by atoms with Gasteiger partial charge in [0.25, 0.3) is 0 Å². The van der Waals surface area contributed by atoms with E-state index in [0.29, 0.717) is 5.75 Å². The van der Waals surface area contributed by atoms with E-state index in [2.05, 4.69) is 13.8 Å². The van der Waals surface area contributed by atoms with E-state index in [1.54, 1.807) is 19.1 Å². The largest absolute Gasteiger partial charge is 0.508 e. The Hall–Kier alpha value is -1.57. The van der Waals surface area contributed by atoms with Gasteiger partial charge >= 0.3 is 0 Å². The van der Waals surface area contributed by atoms with Gasteiger partial charge in [-0.25, -0.2) is 0 Å². The van der Waals surface area contributed by atoms with Gasteiger partial charge in [-0.1, -0.05) is 89.5 Å². The molecule has 0 heterocycles. The van der Waals surface area contributed by atoms with Crippen LogP contribution < -0.4 is 0 Å². The van der Waals surface area contributed by atoms with Crippen LogP contribution in [0.3, 0.4) is 0 Å². The summed E-state index contributed by atoms with van der Waals surface area (Å²) in [6.07, 6.45) is 18.7. The fraction of sp³-hybridized carbons (Fsp3) is 0.625. The lowest BCUT2D eigenvalue weighted by Crippen LogP contribution is -1.87. The number of benzene rings is 1. The first-order chi connectivity index (χ1) is 12.6. The molecule has 0 unspecified atom stereocenters. The van der Waals surface area contributed by atoms with E-state index in [1.807, 2.05) is 24.3 Å². The van der Waals surface area contributed by atoms with E-state index in [1.165, 1.54) is 64.2 Å². The van der Waals surface area contributed by atoms with Gasteiger partial charge in [0, 0.05) is 0 Å². The number of allylic oxidation sites excluding steroid dienone is 2. The minimum Gasteiger partial charge on any atom is -0.508 e. The number of unbranched alkanes of at least 4 members (excludes halogenated alkanes) is 9. The van der Waals surface area contributed by atoms with Crippen molar-refractivity contribution in [3.8, 4) is 5.75 Å². The van der Waals surface area contributed by atoms with Crippen LogP contribution in [-0.2, 0) is 11.2 Å². The van der Waals surface area contributed by atoms with Gasteiger partial charge in [-0.15, -0.1) is 0 Å². The third-order valence-corrected chi connectivity index (χ3v) is 4.37. The van der Waals surface area contributed by atoms with Crippen LogP contribution in [0, 0.1) is 0 Å². The summed E-state index contributed by atoms with van der Waals surface area (Å²) in [6, 6.07) is 7.67. The van der Waals surface area contributed by atoms with Crippen LogP contribution in [0.4, 0.5) is 0 Å². The average Bonchev–Trinajstić information content (AvgIpc) is 2.62. The normalized spacial score (nSPS) is 10.6. The number of phenolic OH excluding ortho intramolecular Hbond substituents is 1. The summed E-state index contributed by atoms with van der Waals surface area (Å²) >= 11 is 0. The lowest BCUT2D eigenvalue weighted by molar-refractivity contribution is -0.112. The monoisotopic (exact) mass is 360 g/mol. The highest BCUT2D eigenvalue weighted by molar-refractivity contribution is 5.87. The summed E-state index contributed by atoms with van der Waals surface area (Å²) in [5.74, 6) is 0.602. The molecule has 1 rings (SSSR count). The molecule has 0 amide bonds. The van der Waals surface area contributed by atoms with Crippen molar-refractivity contribution in [3.05, 3.63) is 42.0 Å². The maximum atomic E-state index is 10.4. The second-order valence-corrected chi connectivity index (χ2v) is 7.01. The second-order valence-electron chi connectivity index (χ2n) is 7.01. The van der Waals surface area contributed by atoms with Crippen molar-refractivity contribution in [1.29, 1.82) is 0 Å². The van der Waals surface area contributed by atoms with E-state index in [0.717, 1.165) is 18.4 Å². The van der Waals surface area contributed by atoms with Crippen LogP contribution >= 0.6 is 0 Å². The van der Waals surface area contributed by atoms with E-state index < -0.39 is 0 Å². The van der Waals surface area contributed by atoms with Crippen molar-refractivity contribution in [2.45, 2.75) is 97.8 Å². The lowest BCUT2D eigenvalue weighted by Gasteiger charge is -2.04. The summed E-state index contributed by atoms with van der Waals surface area (Å²) in [7, 11) is 0. The number of ketones is 1. The van der Waals surface area contributed by atoms with E-state index in [-0.39, 0.29) is 5.78 Å². The van der Waals surface area contributed by atoms with Gasteiger partial charge in [0.15, 0.2) is 5.78 Å². The molecular formula is C24H40O2. The molecule has 0 bridgehead atoms. The van der Waals surface area contributed by atoms with Gasteiger partial charge in [-0.05, 0) is 50.3 Å². The SMILES string of the molecule is CCCCCC=CC(C)=O.CCCCCCCCCc1ccccc1O. The number of aromatic hydroxyl groups is 1. The highest BCUT2D eigenvalue weighted by Gasteiger charge is 1.98.